The quantitative estimate of drug-likeness (QED) is 0.786. The van der Waals surface area contributed by atoms with Gasteiger partial charge in [0.05, 0.1) is 12.2 Å². The second-order valence-electron chi connectivity index (χ2n) is 7.79. The van der Waals surface area contributed by atoms with Gasteiger partial charge in [0, 0.05) is 31.9 Å². The number of amides is 3. The van der Waals surface area contributed by atoms with Gasteiger partial charge in [-0.2, -0.15) is 5.10 Å². The zero-order valence-corrected chi connectivity index (χ0v) is 17.3. The molecule has 0 atom stereocenters. The molecule has 2 aliphatic heterocycles. The number of anilines is 1. The van der Waals surface area contributed by atoms with Crippen LogP contribution in [0.4, 0.5) is 5.69 Å². The van der Waals surface area contributed by atoms with Crippen LogP contribution in [0.3, 0.4) is 0 Å². The van der Waals surface area contributed by atoms with E-state index in [1.807, 2.05) is 30.0 Å². The van der Waals surface area contributed by atoms with Crippen LogP contribution >= 0.6 is 0 Å². The second-order valence-corrected chi connectivity index (χ2v) is 7.79. The summed E-state index contributed by atoms with van der Waals surface area (Å²) in [6, 6.07) is 9.24. The fourth-order valence-electron chi connectivity index (χ4n) is 4.09. The Labute approximate surface area is 175 Å². The number of carbonyl (C=O) groups is 3. The van der Waals surface area contributed by atoms with Crippen LogP contribution < -0.4 is 5.32 Å². The lowest BCUT2D eigenvalue weighted by molar-refractivity contribution is -0.143. The van der Waals surface area contributed by atoms with Crippen LogP contribution in [0.1, 0.15) is 47.9 Å². The predicted octanol–water partition coefficient (Wildman–Crippen LogP) is 2.05. The summed E-state index contributed by atoms with van der Waals surface area (Å²) in [6.07, 6.45) is 3.49. The number of hydrogen-bond donors (Lipinski definition) is 1. The Morgan fingerprint density at radius 3 is 2.50 bits per heavy atom. The number of benzene rings is 1. The molecule has 30 heavy (non-hydrogen) atoms. The summed E-state index contributed by atoms with van der Waals surface area (Å²) in [6.45, 7) is 4.90. The van der Waals surface area contributed by atoms with Crippen LogP contribution in [0.2, 0.25) is 0 Å². The van der Waals surface area contributed by atoms with E-state index in [4.69, 9.17) is 0 Å². The molecule has 1 saturated heterocycles. The summed E-state index contributed by atoms with van der Waals surface area (Å²) in [5.74, 6) is -1.26. The molecule has 0 aliphatic carbocycles. The number of aromatic nitrogens is 2. The number of rotatable bonds is 3. The average molecular weight is 409 g/mol. The Morgan fingerprint density at radius 2 is 1.73 bits per heavy atom. The minimum atomic E-state index is -0.641. The highest BCUT2D eigenvalue weighted by molar-refractivity contribution is 6.39. The van der Waals surface area contributed by atoms with Crippen molar-refractivity contribution < 1.29 is 14.4 Å². The number of likely N-dealkylation sites (tertiary alicyclic amines) is 1. The molecule has 3 amide bonds. The maximum absolute atomic E-state index is 12.8. The third kappa shape index (κ3) is 4.08. The lowest BCUT2D eigenvalue weighted by atomic mass is 10.1. The van der Waals surface area contributed by atoms with Crippen molar-refractivity contribution in [3.05, 3.63) is 47.3 Å². The third-order valence-corrected chi connectivity index (χ3v) is 5.75. The van der Waals surface area contributed by atoms with Crippen molar-refractivity contribution in [2.75, 3.05) is 25.0 Å². The lowest BCUT2D eigenvalue weighted by Gasteiger charge is -2.19. The third-order valence-electron chi connectivity index (χ3n) is 5.75. The Bertz CT molecular complexity index is 961. The molecule has 0 bridgehead atoms. The fourth-order valence-corrected chi connectivity index (χ4v) is 4.09. The molecular formula is C22H27N5O3. The Kier molecular flexibility index (Phi) is 5.83. The topological polar surface area (TPSA) is 87.5 Å². The Morgan fingerprint density at radius 1 is 1.00 bits per heavy atom. The maximum atomic E-state index is 12.8. The molecule has 2 aromatic rings. The first-order chi connectivity index (χ1) is 14.6. The summed E-state index contributed by atoms with van der Waals surface area (Å²) in [7, 11) is 0. The van der Waals surface area contributed by atoms with Gasteiger partial charge in [-0.05, 0) is 43.4 Å². The number of nitrogens with one attached hydrogen (secondary N) is 1. The summed E-state index contributed by atoms with van der Waals surface area (Å²) >= 11 is 0. The van der Waals surface area contributed by atoms with Gasteiger partial charge < -0.3 is 15.1 Å². The van der Waals surface area contributed by atoms with E-state index in [1.165, 1.54) is 4.90 Å². The van der Waals surface area contributed by atoms with Gasteiger partial charge in [0.2, 0.25) is 0 Å². The minimum Gasteiger partial charge on any atom is -0.337 e. The Hall–Kier alpha value is -3.16. The SMILES string of the molecule is CCc1ccccc1NC(=O)C(=O)N1CCCn2nc(C(=O)N3CCCC3)cc2C1. The van der Waals surface area contributed by atoms with Gasteiger partial charge in [-0.1, -0.05) is 25.1 Å². The number of carbonyl (C=O) groups excluding carboxylic acids is 3. The molecule has 0 unspecified atom stereocenters. The van der Waals surface area contributed by atoms with Crippen molar-refractivity contribution in [1.29, 1.82) is 0 Å². The van der Waals surface area contributed by atoms with Crippen LogP contribution in [0.5, 0.6) is 0 Å². The standard InChI is InChI=1S/C22H27N5O3/c1-2-16-8-3-4-9-18(16)23-20(28)22(30)26-12-7-13-27-17(15-26)14-19(24-27)21(29)25-10-5-6-11-25/h3-4,8-9,14H,2,5-7,10-13,15H2,1H3,(H,23,28). The first-order valence-corrected chi connectivity index (χ1v) is 10.6. The number of hydrogen-bond acceptors (Lipinski definition) is 4. The highest BCUT2D eigenvalue weighted by Crippen LogP contribution is 2.19. The number of fused-ring (bicyclic) bond motifs is 1. The smallest absolute Gasteiger partial charge is 0.313 e. The van der Waals surface area contributed by atoms with E-state index in [9.17, 15) is 14.4 Å². The number of nitrogens with zero attached hydrogens (tertiary/aromatic N) is 4. The highest BCUT2D eigenvalue weighted by atomic mass is 16.2. The van der Waals surface area contributed by atoms with Crippen LogP contribution in [-0.4, -0.2) is 56.9 Å². The fraction of sp³-hybridized carbons (Fsp3) is 0.455. The van der Waals surface area contributed by atoms with E-state index in [1.54, 1.807) is 16.8 Å². The largest absolute Gasteiger partial charge is 0.337 e. The molecule has 0 spiro atoms. The van der Waals surface area contributed by atoms with Crippen molar-refractivity contribution in [1.82, 2.24) is 19.6 Å². The molecule has 2 aliphatic rings. The highest BCUT2D eigenvalue weighted by Gasteiger charge is 2.28. The molecule has 0 saturated carbocycles. The van der Waals surface area contributed by atoms with Crippen LogP contribution in [0.25, 0.3) is 0 Å². The van der Waals surface area contributed by atoms with E-state index in [0.717, 1.165) is 43.6 Å². The van der Waals surface area contributed by atoms with Gasteiger partial charge in [0.1, 0.15) is 0 Å². The van der Waals surface area contributed by atoms with Gasteiger partial charge in [-0.15, -0.1) is 0 Å². The van der Waals surface area contributed by atoms with Crippen molar-refractivity contribution in [2.45, 2.75) is 45.7 Å². The molecule has 3 heterocycles. The average Bonchev–Trinajstić information content (AvgIpc) is 3.39. The maximum Gasteiger partial charge on any atom is 0.313 e. The molecule has 4 rings (SSSR count). The summed E-state index contributed by atoms with van der Waals surface area (Å²) in [4.78, 5) is 41.4. The molecule has 8 heteroatoms. The minimum absolute atomic E-state index is 0.0557. The molecule has 1 aromatic carbocycles. The lowest BCUT2D eigenvalue weighted by Crippen LogP contribution is -2.39. The van der Waals surface area contributed by atoms with Gasteiger partial charge in [0.15, 0.2) is 5.69 Å². The van der Waals surface area contributed by atoms with Crippen molar-refractivity contribution >= 4 is 23.4 Å². The number of aryl methyl sites for hydroxylation is 2. The zero-order valence-electron chi connectivity index (χ0n) is 17.3. The van der Waals surface area contributed by atoms with Crippen molar-refractivity contribution in [3.8, 4) is 0 Å². The molecular weight excluding hydrogens is 382 g/mol. The second kappa shape index (κ2) is 8.69. The monoisotopic (exact) mass is 409 g/mol. The van der Waals surface area contributed by atoms with Crippen molar-refractivity contribution in [2.24, 2.45) is 0 Å². The molecule has 1 N–H and O–H groups in total. The van der Waals surface area contributed by atoms with Gasteiger partial charge >= 0.3 is 11.8 Å². The van der Waals surface area contributed by atoms with Crippen LogP contribution in [0, 0.1) is 0 Å². The first kappa shape index (κ1) is 20.1. The van der Waals surface area contributed by atoms with Crippen LogP contribution in [0.15, 0.2) is 30.3 Å². The summed E-state index contributed by atoms with van der Waals surface area (Å²) < 4.78 is 1.79. The number of para-hydroxylation sites is 1. The van der Waals surface area contributed by atoms with Crippen LogP contribution in [-0.2, 0) is 29.1 Å². The molecule has 1 aromatic heterocycles. The zero-order chi connectivity index (χ0) is 21.1. The summed E-state index contributed by atoms with van der Waals surface area (Å²) in [5, 5.41) is 7.22. The van der Waals surface area contributed by atoms with E-state index >= 15 is 0 Å². The first-order valence-electron chi connectivity index (χ1n) is 10.6. The summed E-state index contributed by atoms with van der Waals surface area (Å²) in [5.41, 5.74) is 2.85. The van der Waals surface area contributed by atoms with Gasteiger partial charge in [0.25, 0.3) is 5.91 Å². The molecule has 1 fully saturated rings. The van der Waals surface area contributed by atoms with E-state index in [2.05, 4.69) is 10.4 Å². The molecule has 158 valence electrons. The van der Waals surface area contributed by atoms with E-state index in [0.29, 0.717) is 30.9 Å². The van der Waals surface area contributed by atoms with Gasteiger partial charge in [-0.25, -0.2) is 0 Å². The molecule has 8 nitrogen and oxygen atoms in total. The van der Waals surface area contributed by atoms with Crippen molar-refractivity contribution in [3.63, 3.8) is 0 Å². The van der Waals surface area contributed by atoms with Gasteiger partial charge in [-0.3, -0.25) is 19.1 Å². The molecule has 0 radical (unpaired) electrons. The van der Waals surface area contributed by atoms with E-state index in [-0.39, 0.29) is 12.5 Å². The Balaban J connectivity index is 1.46. The van der Waals surface area contributed by atoms with E-state index < -0.39 is 11.8 Å². The predicted molar refractivity (Wildman–Crippen MR) is 112 cm³/mol. The normalized spacial score (nSPS) is 16.2.